The topological polar surface area (TPSA) is 115 Å². The summed E-state index contributed by atoms with van der Waals surface area (Å²) in [6, 6.07) is 6.02. The number of hydrogen-bond acceptors (Lipinski definition) is 6. The maximum Gasteiger partial charge on any atom is 0.249 e. The number of allylic oxidation sites excluding steroid dienone is 2. The molecule has 36 heavy (non-hydrogen) atoms. The smallest absolute Gasteiger partial charge is 0.249 e. The Balaban J connectivity index is 1.37. The van der Waals surface area contributed by atoms with Crippen LogP contribution in [0.25, 0.3) is 17.2 Å². The summed E-state index contributed by atoms with van der Waals surface area (Å²) in [4.78, 5) is 38.1. The van der Waals surface area contributed by atoms with Crippen LogP contribution in [-0.4, -0.2) is 51.5 Å². The number of anilines is 2. The Bertz CT molecular complexity index is 1450. The molecule has 3 aromatic rings. The number of H-pyrrole nitrogens is 1. The molecule has 2 aliphatic rings. The highest BCUT2D eigenvalue weighted by Crippen LogP contribution is 2.29. The van der Waals surface area contributed by atoms with Crippen LogP contribution in [0, 0.1) is 0 Å². The Kier molecular flexibility index (Phi) is 6.20. The van der Waals surface area contributed by atoms with Crippen LogP contribution in [-0.2, 0) is 22.4 Å². The molecule has 182 valence electrons. The van der Waals surface area contributed by atoms with Gasteiger partial charge in [-0.05, 0) is 29.8 Å². The molecule has 9 nitrogen and oxygen atoms in total. The molecule has 0 atom stereocenters. The van der Waals surface area contributed by atoms with Gasteiger partial charge in [0.05, 0.1) is 23.3 Å². The van der Waals surface area contributed by atoms with Gasteiger partial charge in [-0.15, -0.1) is 0 Å². The first kappa shape index (κ1) is 23.2. The lowest BCUT2D eigenvalue weighted by Crippen LogP contribution is -2.24. The molecule has 0 fully saturated rings. The number of aromatic nitrogens is 3. The van der Waals surface area contributed by atoms with Gasteiger partial charge in [-0.2, -0.15) is 5.10 Å². The molecule has 1 aliphatic carbocycles. The molecule has 0 aromatic carbocycles. The van der Waals surface area contributed by atoms with E-state index in [1.165, 1.54) is 0 Å². The summed E-state index contributed by atoms with van der Waals surface area (Å²) in [5.74, 6) is 0.656. The predicted octanol–water partition coefficient (Wildman–Crippen LogP) is 3.78. The fourth-order valence-electron chi connectivity index (χ4n) is 4.24. The van der Waals surface area contributed by atoms with Crippen LogP contribution < -0.4 is 10.7 Å². The molecule has 2 amide bonds. The zero-order chi connectivity index (χ0) is 25.2. The quantitative estimate of drug-likeness (QED) is 0.513. The van der Waals surface area contributed by atoms with Crippen molar-refractivity contribution in [3.63, 3.8) is 0 Å². The predicted molar refractivity (Wildman–Crippen MR) is 141 cm³/mol. The van der Waals surface area contributed by atoms with Crippen molar-refractivity contribution in [1.29, 1.82) is 0 Å². The van der Waals surface area contributed by atoms with Gasteiger partial charge in [-0.3, -0.25) is 20.0 Å². The van der Waals surface area contributed by atoms with E-state index in [-0.39, 0.29) is 11.8 Å². The normalized spacial score (nSPS) is 14.0. The molecular formula is C27H27N7O2. The van der Waals surface area contributed by atoms with Gasteiger partial charge in [0.2, 0.25) is 11.8 Å². The average Bonchev–Trinajstić information content (AvgIpc) is 3.18. The number of hydrazone groups is 1. The SMILES string of the molecule is CCC(=O)Nc1cncc(-c2cnc3c(c2)CC(c2cc4c([nH]2)C=CC=C(C(=O)N(C)C)C4)=NN3)c1. The van der Waals surface area contributed by atoms with Gasteiger partial charge in [0, 0.05) is 73.7 Å². The summed E-state index contributed by atoms with van der Waals surface area (Å²) in [6.07, 6.45) is 12.5. The van der Waals surface area contributed by atoms with E-state index in [9.17, 15) is 9.59 Å². The third kappa shape index (κ3) is 4.68. The molecule has 9 heteroatoms. The first-order chi connectivity index (χ1) is 17.4. The number of aromatic amines is 1. The van der Waals surface area contributed by atoms with Crippen molar-refractivity contribution in [1.82, 2.24) is 19.9 Å². The first-order valence-electron chi connectivity index (χ1n) is 11.8. The van der Waals surface area contributed by atoms with Crippen LogP contribution in [0.2, 0.25) is 0 Å². The third-order valence-electron chi connectivity index (χ3n) is 6.16. The maximum absolute atomic E-state index is 12.5. The largest absolute Gasteiger partial charge is 0.354 e. The van der Waals surface area contributed by atoms with Crippen molar-refractivity contribution in [2.24, 2.45) is 5.10 Å². The molecular weight excluding hydrogens is 454 g/mol. The molecule has 5 rings (SSSR count). The molecule has 0 bridgehead atoms. The fourth-order valence-corrected chi connectivity index (χ4v) is 4.24. The Morgan fingerprint density at radius 1 is 1.06 bits per heavy atom. The number of carbonyl (C=O) groups is 2. The van der Waals surface area contributed by atoms with Gasteiger partial charge in [0.15, 0.2) is 0 Å². The van der Waals surface area contributed by atoms with E-state index in [0.717, 1.165) is 44.9 Å². The Morgan fingerprint density at radius 2 is 1.89 bits per heavy atom. The van der Waals surface area contributed by atoms with Gasteiger partial charge in [-0.25, -0.2) is 4.98 Å². The van der Waals surface area contributed by atoms with Gasteiger partial charge in [-0.1, -0.05) is 19.1 Å². The lowest BCUT2D eigenvalue weighted by Gasteiger charge is -2.17. The molecule has 0 saturated carbocycles. The molecule has 0 spiro atoms. The van der Waals surface area contributed by atoms with Crippen LogP contribution in [0.15, 0.2) is 59.6 Å². The van der Waals surface area contributed by atoms with E-state index < -0.39 is 0 Å². The summed E-state index contributed by atoms with van der Waals surface area (Å²) in [6.45, 7) is 1.81. The van der Waals surface area contributed by atoms with Crippen LogP contribution in [0.4, 0.5) is 11.5 Å². The summed E-state index contributed by atoms with van der Waals surface area (Å²) < 4.78 is 0. The van der Waals surface area contributed by atoms with Gasteiger partial charge < -0.3 is 15.2 Å². The van der Waals surface area contributed by atoms with Crippen molar-refractivity contribution < 1.29 is 9.59 Å². The van der Waals surface area contributed by atoms with E-state index in [1.807, 2.05) is 31.2 Å². The minimum absolute atomic E-state index is 0.00674. The zero-order valence-corrected chi connectivity index (χ0v) is 20.4. The van der Waals surface area contributed by atoms with Crippen LogP contribution in [0.1, 0.15) is 35.9 Å². The van der Waals surface area contributed by atoms with Crippen molar-refractivity contribution in [2.45, 2.75) is 26.2 Å². The van der Waals surface area contributed by atoms with Crippen LogP contribution in [0.3, 0.4) is 0 Å². The Hall–Kier alpha value is -4.53. The van der Waals surface area contributed by atoms with E-state index in [4.69, 9.17) is 0 Å². The number of nitrogens with zero attached hydrogens (tertiary/aromatic N) is 4. The molecule has 0 radical (unpaired) electrons. The monoisotopic (exact) mass is 481 g/mol. The Morgan fingerprint density at radius 3 is 2.69 bits per heavy atom. The van der Waals surface area contributed by atoms with Crippen molar-refractivity contribution in [3.8, 4) is 11.1 Å². The number of rotatable bonds is 5. The summed E-state index contributed by atoms with van der Waals surface area (Å²) in [5.41, 5.74) is 11.0. The van der Waals surface area contributed by atoms with E-state index in [0.29, 0.717) is 30.8 Å². The fraction of sp³-hybridized carbons (Fsp3) is 0.222. The highest BCUT2D eigenvalue weighted by molar-refractivity contribution is 6.03. The molecule has 1 aliphatic heterocycles. The van der Waals surface area contributed by atoms with Crippen molar-refractivity contribution in [2.75, 3.05) is 24.8 Å². The second-order valence-corrected chi connectivity index (χ2v) is 8.99. The number of carbonyl (C=O) groups excluding carboxylic acids is 2. The number of hydrogen-bond donors (Lipinski definition) is 3. The highest BCUT2D eigenvalue weighted by atomic mass is 16.2. The van der Waals surface area contributed by atoms with Crippen molar-refractivity contribution >= 4 is 35.1 Å². The first-order valence-corrected chi connectivity index (χ1v) is 11.8. The second kappa shape index (κ2) is 9.61. The van der Waals surface area contributed by atoms with E-state index in [2.05, 4.69) is 42.9 Å². The van der Waals surface area contributed by atoms with E-state index >= 15 is 0 Å². The summed E-state index contributed by atoms with van der Waals surface area (Å²) in [5, 5.41) is 7.39. The van der Waals surface area contributed by atoms with Gasteiger partial charge in [0.1, 0.15) is 5.82 Å². The van der Waals surface area contributed by atoms with Gasteiger partial charge in [0.25, 0.3) is 0 Å². The number of nitrogens with one attached hydrogen (secondary N) is 3. The van der Waals surface area contributed by atoms with Gasteiger partial charge >= 0.3 is 0 Å². The molecule has 3 aromatic heterocycles. The third-order valence-corrected chi connectivity index (χ3v) is 6.16. The molecule has 4 heterocycles. The molecule has 3 N–H and O–H groups in total. The zero-order valence-electron chi connectivity index (χ0n) is 20.4. The van der Waals surface area contributed by atoms with Crippen molar-refractivity contribution in [3.05, 3.63) is 77.0 Å². The maximum atomic E-state index is 12.5. The standard InChI is InChI=1S/C27H27N7O2/c1-4-25(35)30-21-10-20(13-28-15-21)19-9-18-12-24(32-33-26(18)29-14-19)23-11-17-8-16(27(36)34(2)3)6-5-7-22(17)31-23/h5-7,9-11,13-15,31H,4,8,12H2,1-3H3,(H,29,33)(H,30,35). The van der Waals surface area contributed by atoms with Crippen LogP contribution >= 0.6 is 0 Å². The summed E-state index contributed by atoms with van der Waals surface area (Å²) in [7, 11) is 3.52. The van der Waals surface area contributed by atoms with E-state index in [1.54, 1.807) is 37.6 Å². The highest BCUT2D eigenvalue weighted by Gasteiger charge is 2.21. The number of likely N-dealkylation sites (N-methyl/N-ethyl adjacent to an activating group) is 1. The molecule has 0 saturated heterocycles. The second-order valence-electron chi connectivity index (χ2n) is 8.99. The number of amides is 2. The lowest BCUT2D eigenvalue weighted by molar-refractivity contribution is -0.124. The van der Waals surface area contributed by atoms with Crippen LogP contribution in [0.5, 0.6) is 0 Å². The summed E-state index contributed by atoms with van der Waals surface area (Å²) >= 11 is 0. The number of pyridine rings is 2. The average molecular weight is 482 g/mol. The Labute approximate surface area is 209 Å². The number of fused-ring (bicyclic) bond motifs is 2. The minimum atomic E-state index is -0.0598. The lowest BCUT2D eigenvalue weighted by atomic mass is 10.0. The minimum Gasteiger partial charge on any atom is -0.354 e. The molecule has 0 unspecified atom stereocenters.